The third-order valence-electron chi connectivity index (χ3n) is 2.08. The maximum Gasteiger partial charge on any atom is 0.118 e. The monoisotopic (exact) mass is 200 g/mol. The number of hydrogen-bond acceptors (Lipinski definition) is 2. The van der Waals surface area contributed by atoms with Gasteiger partial charge in [0, 0.05) is 6.20 Å². The fraction of sp³-hybridized carbons (Fsp3) is 0.0833. The summed E-state index contributed by atoms with van der Waals surface area (Å²) in [5.74, 6) is 0.868. The molecular formula is C12H12N2O. The van der Waals surface area contributed by atoms with Crippen molar-refractivity contribution in [2.75, 3.05) is 7.11 Å². The van der Waals surface area contributed by atoms with Crippen LogP contribution in [0, 0.1) is 0 Å². The quantitative estimate of drug-likeness (QED) is 0.826. The van der Waals surface area contributed by atoms with Crippen molar-refractivity contribution in [2.45, 2.75) is 0 Å². The summed E-state index contributed by atoms with van der Waals surface area (Å²) in [5, 5.41) is 6.79. The van der Waals surface area contributed by atoms with Crippen LogP contribution < -0.4 is 4.74 Å². The Hall–Kier alpha value is -2.03. The second-order valence-corrected chi connectivity index (χ2v) is 3.11. The molecule has 0 aliphatic heterocycles. The number of aromatic amines is 1. The van der Waals surface area contributed by atoms with Crippen LogP contribution in [0.1, 0.15) is 11.3 Å². The molecule has 0 bridgehead atoms. The Morgan fingerprint density at radius 2 is 1.93 bits per heavy atom. The minimum absolute atomic E-state index is 0.868. The van der Waals surface area contributed by atoms with Crippen molar-refractivity contribution >= 4 is 12.2 Å². The number of benzene rings is 1. The fourth-order valence-electron chi connectivity index (χ4n) is 1.26. The molecule has 0 aliphatic carbocycles. The third-order valence-corrected chi connectivity index (χ3v) is 2.08. The van der Waals surface area contributed by atoms with Crippen LogP contribution >= 0.6 is 0 Å². The molecule has 0 fully saturated rings. The summed E-state index contributed by atoms with van der Waals surface area (Å²) < 4.78 is 5.08. The van der Waals surface area contributed by atoms with Gasteiger partial charge in [0.15, 0.2) is 0 Å². The van der Waals surface area contributed by atoms with Crippen LogP contribution in [0.5, 0.6) is 5.75 Å². The van der Waals surface area contributed by atoms with Gasteiger partial charge in [0.05, 0.1) is 12.8 Å². The van der Waals surface area contributed by atoms with Gasteiger partial charge in [-0.1, -0.05) is 18.2 Å². The molecule has 0 saturated heterocycles. The predicted molar refractivity (Wildman–Crippen MR) is 60.5 cm³/mol. The molecule has 0 saturated carbocycles. The van der Waals surface area contributed by atoms with Gasteiger partial charge in [0.25, 0.3) is 0 Å². The number of rotatable bonds is 3. The Kier molecular flexibility index (Phi) is 2.83. The molecule has 0 radical (unpaired) electrons. The first kappa shape index (κ1) is 9.52. The van der Waals surface area contributed by atoms with Gasteiger partial charge in [-0.3, -0.25) is 5.10 Å². The molecule has 2 rings (SSSR count). The number of hydrogen-bond donors (Lipinski definition) is 1. The Bertz CT molecular complexity index is 429. The van der Waals surface area contributed by atoms with Crippen molar-refractivity contribution in [3.05, 3.63) is 47.8 Å². The molecule has 0 spiro atoms. The number of nitrogens with zero attached hydrogens (tertiary/aromatic N) is 1. The summed E-state index contributed by atoms with van der Waals surface area (Å²) in [6.45, 7) is 0. The van der Waals surface area contributed by atoms with Crippen molar-refractivity contribution in [1.82, 2.24) is 10.2 Å². The summed E-state index contributed by atoms with van der Waals surface area (Å²) in [5.41, 5.74) is 2.05. The number of nitrogens with one attached hydrogen (secondary N) is 1. The molecular weight excluding hydrogens is 188 g/mol. The zero-order chi connectivity index (χ0) is 10.5. The minimum atomic E-state index is 0.868. The van der Waals surface area contributed by atoms with Gasteiger partial charge < -0.3 is 4.74 Å². The molecule has 1 aromatic heterocycles. The van der Waals surface area contributed by atoms with Crippen LogP contribution in [0.3, 0.4) is 0 Å². The highest BCUT2D eigenvalue weighted by Crippen LogP contribution is 2.13. The largest absolute Gasteiger partial charge is 0.497 e. The average Bonchev–Trinajstić information content (AvgIpc) is 2.80. The van der Waals surface area contributed by atoms with Crippen molar-refractivity contribution in [3.8, 4) is 5.75 Å². The van der Waals surface area contributed by atoms with Crippen LogP contribution in [0.4, 0.5) is 0 Å². The molecule has 0 amide bonds. The second kappa shape index (κ2) is 4.46. The van der Waals surface area contributed by atoms with Gasteiger partial charge >= 0.3 is 0 Å². The van der Waals surface area contributed by atoms with E-state index < -0.39 is 0 Å². The van der Waals surface area contributed by atoms with E-state index in [9.17, 15) is 0 Å². The lowest BCUT2D eigenvalue weighted by Crippen LogP contribution is -1.81. The first-order valence-corrected chi connectivity index (χ1v) is 4.70. The average molecular weight is 200 g/mol. The number of aromatic nitrogens is 2. The number of methoxy groups -OCH3 is 1. The van der Waals surface area contributed by atoms with Crippen LogP contribution in [0.2, 0.25) is 0 Å². The van der Waals surface area contributed by atoms with Crippen molar-refractivity contribution in [1.29, 1.82) is 0 Å². The summed E-state index contributed by atoms with van der Waals surface area (Å²) in [6.07, 6.45) is 5.77. The summed E-state index contributed by atoms with van der Waals surface area (Å²) in [6, 6.07) is 9.79. The summed E-state index contributed by atoms with van der Waals surface area (Å²) >= 11 is 0. The van der Waals surface area contributed by atoms with Crippen LogP contribution in [0.15, 0.2) is 36.5 Å². The van der Waals surface area contributed by atoms with Crippen molar-refractivity contribution < 1.29 is 4.74 Å². The lowest BCUT2D eigenvalue weighted by molar-refractivity contribution is 0.415. The molecule has 0 atom stereocenters. The minimum Gasteiger partial charge on any atom is -0.497 e. The molecule has 1 aromatic carbocycles. The van der Waals surface area contributed by atoms with E-state index in [2.05, 4.69) is 10.2 Å². The molecule has 2 aromatic rings. The Labute approximate surface area is 88.4 Å². The molecule has 0 aliphatic rings. The smallest absolute Gasteiger partial charge is 0.118 e. The number of ether oxygens (including phenoxy) is 1. The highest BCUT2D eigenvalue weighted by atomic mass is 16.5. The van der Waals surface area contributed by atoms with Crippen molar-refractivity contribution in [2.24, 2.45) is 0 Å². The van der Waals surface area contributed by atoms with Gasteiger partial charge in [-0.25, -0.2) is 0 Å². The molecule has 1 heterocycles. The van der Waals surface area contributed by atoms with Gasteiger partial charge in [0.1, 0.15) is 5.75 Å². The molecule has 3 heteroatoms. The van der Waals surface area contributed by atoms with E-state index in [1.165, 1.54) is 0 Å². The molecule has 3 nitrogen and oxygen atoms in total. The Morgan fingerprint density at radius 3 is 2.53 bits per heavy atom. The Balaban J connectivity index is 2.11. The zero-order valence-electron chi connectivity index (χ0n) is 8.47. The van der Waals surface area contributed by atoms with Crippen LogP contribution in [-0.2, 0) is 0 Å². The van der Waals surface area contributed by atoms with Gasteiger partial charge in [-0.15, -0.1) is 0 Å². The molecule has 1 N–H and O–H groups in total. The van der Waals surface area contributed by atoms with Gasteiger partial charge in [0.2, 0.25) is 0 Å². The highest BCUT2D eigenvalue weighted by Gasteiger charge is 1.91. The van der Waals surface area contributed by atoms with E-state index in [0.29, 0.717) is 0 Å². The number of H-pyrrole nitrogens is 1. The van der Waals surface area contributed by atoms with E-state index >= 15 is 0 Å². The maximum absolute atomic E-state index is 5.08. The van der Waals surface area contributed by atoms with Crippen LogP contribution in [-0.4, -0.2) is 17.3 Å². The maximum atomic E-state index is 5.08. The first-order chi connectivity index (χ1) is 7.38. The van der Waals surface area contributed by atoms with Gasteiger partial charge in [-0.2, -0.15) is 5.10 Å². The van der Waals surface area contributed by atoms with Crippen molar-refractivity contribution in [3.63, 3.8) is 0 Å². The molecule has 0 unspecified atom stereocenters. The van der Waals surface area contributed by atoms with E-state index in [-0.39, 0.29) is 0 Å². The Morgan fingerprint density at radius 1 is 1.13 bits per heavy atom. The topological polar surface area (TPSA) is 37.9 Å². The molecule has 76 valence electrons. The van der Waals surface area contributed by atoms with E-state index in [1.54, 1.807) is 13.3 Å². The lowest BCUT2D eigenvalue weighted by atomic mass is 10.2. The van der Waals surface area contributed by atoms with E-state index in [1.807, 2.05) is 42.5 Å². The van der Waals surface area contributed by atoms with E-state index in [0.717, 1.165) is 17.0 Å². The summed E-state index contributed by atoms with van der Waals surface area (Å²) in [4.78, 5) is 0. The van der Waals surface area contributed by atoms with E-state index in [4.69, 9.17) is 4.74 Å². The standard InChI is InChI=1S/C12H12N2O/c1-15-12-6-3-10(4-7-12)2-5-11-8-9-13-14-11/h2-9H,1H3,(H,13,14). The first-order valence-electron chi connectivity index (χ1n) is 4.70. The highest BCUT2D eigenvalue weighted by molar-refractivity contribution is 5.67. The second-order valence-electron chi connectivity index (χ2n) is 3.11. The SMILES string of the molecule is COc1ccc(C=Cc2cc[nH]n2)cc1. The fourth-order valence-corrected chi connectivity index (χ4v) is 1.26. The third kappa shape index (κ3) is 2.47. The van der Waals surface area contributed by atoms with Crippen LogP contribution in [0.25, 0.3) is 12.2 Å². The lowest BCUT2D eigenvalue weighted by Gasteiger charge is -1.98. The summed E-state index contributed by atoms with van der Waals surface area (Å²) in [7, 11) is 1.66. The zero-order valence-corrected chi connectivity index (χ0v) is 8.47. The predicted octanol–water partition coefficient (Wildman–Crippen LogP) is 2.59. The van der Waals surface area contributed by atoms with Gasteiger partial charge in [-0.05, 0) is 29.8 Å². The molecule has 15 heavy (non-hydrogen) atoms. The normalized spacial score (nSPS) is 10.7.